The topological polar surface area (TPSA) is 55.6 Å². The highest BCUT2D eigenvalue weighted by Crippen LogP contribution is 2.31. The molecule has 1 aliphatic rings. The largest absolute Gasteiger partial charge is 0.330 e. The maximum absolute atomic E-state index is 11.7. The standard InChI is InChI=1S/C9H18N2O2/c1-11(13-2)9(12)8-5-3-4-7(8)6-10/h7-8H,3-6,10H2,1-2H3. The number of amides is 1. The zero-order valence-electron chi connectivity index (χ0n) is 8.32. The Balaban J connectivity index is 2.54. The fourth-order valence-corrected chi connectivity index (χ4v) is 1.97. The summed E-state index contributed by atoms with van der Waals surface area (Å²) in [5.41, 5.74) is 5.59. The van der Waals surface area contributed by atoms with E-state index in [9.17, 15) is 4.79 Å². The van der Waals surface area contributed by atoms with Gasteiger partial charge in [-0.25, -0.2) is 5.06 Å². The molecule has 0 radical (unpaired) electrons. The molecule has 1 fully saturated rings. The van der Waals surface area contributed by atoms with Crippen LogP contribution in [0.3, 0.4) is 0 Å². The van der Waals surface area contributed by atoms with Crippen LogP contribution in [0.2, 0.25) is 0 Å². The van der Waals surface area contributed by atoms with Crippen LogP contribution in [0.4, 0.5) is 0 Å². The number of hydrogen-bond acceptors (Lipinski definition) is 3. The van der Waals surface area contributed by atoms with Gasteiger partial charge in [-0.1, -0.05) is 6.42 Å². The lowest BCUT2D eigenvalue weighted by Gasteiger charge is -2.22. The van der Waals surface area contributed by atoms with Crippen molar-refractivity contribution >= 4 is 5.91 Å². The lowest BCUT2D eigenvalue weighted by atomic mass is 9.95. The third-order valence-electron chi connectivity index (χ3n) is 2.86. The molecular weight excluding hydrogens is 168 g/mol. The monoisotopic (exact) mass is 186 g/mol. The van der Waals surface area contributed by atoms with Crippen LogP contribution in [0.15, 0.2) is 0 Å². The van der Waals surface area contributed by atoms with E-state index in [2.05, 4.69) is 0 Å². The van der Waals surface area contributed by atoms with Crippen molar-refractivity contribution in [3.05, 3.63) is 0 Å². The summed E-state index contributed by atoms with van der Waals surface area (Å²) in [6.07, 6.45) is 3.13. The van der Waals surface area contributed by atoms with Crippen molar-refractivity contribution in [3.8, 4) is 0 Å². The van der Waals surface area contributed by atoms with Gasteiger partial charge in [0.05, 0.1) is 7.11 Å². The van der Waals surface area contributed by atoms with Crippen LogP contribution in [0.25, 0.3) is 0 Å². The summed E-state index contributed by atoms with van der Waals surface area (Å²) < 4.78 is 0. The van der Waals surface area contributed by atoms with Gasteiger partial charge in [-0.2, -0.15) is 0 Å². The maximum atomic E-state index is 11.7. The van der Waals surface area contributed by atoms with Crippen molar-refractivity contribution in [3.63, 3.8) is 0 Å². The first-order chi connectivity index (χ1) is 6.20. The third-order valence-corrected chi connectivity index (χ3v) is 2.86. The van der Waals surface area contributed by atoms with E-state index < -0.39 is 0 Å². The Hall–Kier alpha value is -0.610. The molecule has 0 aromatic carbocycles. The van der Waals surface area contributed by atoms with Crippen LogP contribution in [-0.4, -0.2) is 31.7 Å². The van der Waals surface area contributed by atoms with Crippen LogP contribution < -0.4 is 5.73 Å². The van der Waals surface area contributed by atoms with E-state index in [4.69, 9.17) is 10.6 Å². The zero-order chi connectivity index (χ0) is 9.84. The average Bonchev–Trinajstić information content (AvgIpc) is 2.62. The number of nitrogens with two attached hydrogens (primary N) is 1. The van der Waals surface area contributed by atoms with Gasteiger partial charge in [-0.15, -0.1) is 0 Å². The van der Waals surface area contributed by atoms with Crippen LogP contribution in [-0.2, 0) is 9.63 Å². The van der Waals surface area contributed by atoms with E-state index in [-0.39, 0.29) is 11.8 Å². The molecule has 0 spiro atoms. The molecule has 0 aliphatic heterocycles. The Bertz CT molecular complexity index is 184. The molecule has 4 nitrogen and oxygen atoms in total. The number of hydroxylamine groups is 2. The Morgan fingerprint density at radius 3 is 2.85 bits per heavy atom. The van der Waals surface area contributed by atoms with Crippen molar-refractivity contribution in [1.29, 1.82) is 0 Å². The van der Waals surface area contributed by atoms with E-state index in [0.717, 1.165) is 19.3 Å². The van der Waals surface area contributed by atoms with Crippen molar-refractivity contribution in [2.45, 2.75) is 19.3 Å². The molecule has 2 atom stereocenters. The quantitative estimate of drug-likeness (QED) is 0.648. The molecule has 1 rings (SSSR count). The molecule has 0 aromatic rings. The number of nitrogens with zero attached hydrogens (tertiary/aromatic N) is 1. The molecule has 1 saturated carbocycles. The smallest absolute Gasteiger partial charge is 0.249 e. The molecule has 0 bridgehead atoms. The maximum Gasteiger partial charge on any atom is 0.249 e. The fourth-order valence-electron chi connectivity index (χ4n) is 1.97. The van der Waals surface area contributed by atoms with Crippen molar-refractivity contribution in [1.82, 2.24) is 5.06 Å². The molecule has 13 heavy (non-hydrogen) atoms. The number of carbonyl (C=O) groups is 1. The predicted octanol–water partition coefficient (Wildman–Crippen LogP) is 0.381. The molecule has 76 valence electrons. The minimum absolute atomic E-state index is 0.0652. The summed E-state index contributed by atoms with van der Waals surface area (Å²) in [7, 11) is 3.15. The minimum Gasteiger partial charge on any atom is -0.330 e. The number of carbonyl (C=O) groups excluding carboxylic acids is 1. The molecule has 2 N–H and O–H groups in total. The first-order valence-corrected chi connectivity index (χ1v) is 4.72. The van der Waals surface area contributed by atoms with Gasteiger partial charge in [0.15, 0.2) is 0 Å². The fraction of sp³-hybridized carbons (Fsp3) is 0.889. The summed E-state index contributed by atoms with van der Waals surface area (Å²) >= 11 is 0. The Morgan fingerprint density at radius 1 is 1.62 bits per heavy atom. The van der Waals surface area contributed by atoms with Gasteiger partial charge in [0, 0.05) is 13.0 Å². The second-order valence-electron chi connectivity index (χ2n) is 3.55. The highest BCUT2D eigenvalue weighted by Gasteiger charge is 2.33. The van der Waals surface area contributed by atoms with Crippen molar-refractivity contribution in [2.75, 3.05) is 20.7 Å². The van der Waals surface area contributed by atoms with Crippen LogP contribution in [0.1, 0.15) is 19.3 Å². The van der Waals surface area contributed by atoms with Crippen molar-refractivity contribution in [2.24, 2.45) is 17.6 Å². The van der Waals surface area contributed by atoms with Gasteiger partial charge in [-0.3, -0.25) is 9.63 Å². The van der Waals surface area contributed by atoms with Gasteiger partial charge >= 0.3 is 0 Å². The lowest BCUT2D eigenvalue weighted by molar-refractivity contribution is -0.174. The van der Waals surface area contributed by atoms with Gasteiger partial charge in [0.25, 0.3) is 0 Å². The van der Waals surface area contributed by atoms with Crippen LogP contribution in [0, 0.1) is 11.8 Å². The van der Waals surface area contributed by atoms with Crippen LogP contribution in [0.5, 0.6) is 0 Å². The molecule has 1 aliphatic carbocycles. The van der Waals surface area contributed by atoms with E-state index >= 15 is 0 Å². The van der Waals surface area contributed by atoms with Gasteiger partial charge in [-0.05, 0) is 25.3 Å². The van der Waals surface area contributed by atoms with E-state index in [0.29, 0.717) is 12.5 Å². The minimum atomic E-state index is 0.0652. The summed E-state index contributed by atoms with van der Waals surface area (Å²) in [4.78, 5) is 16.6. The molecular formula is C9H18N2O2. The Morgan fingerprint density at radius 2 is 2.31 bits per heavy atom. The molecule has 2 unspecified atom stereocenters. The van der Waals surface area contributed by atoms with Gasteiger partial charge in [0.1, 0.15) is 0 Å². The second kappa shape index (κ2) is 4.58. The second-order valence-corrected chi connectivity index (χ2v) is 3.55. The number of rotatable bonds is 3. The first kappa shape index (κ1) is 10.5. The highest BCUT2D eigenvalue weighted by molar-refractivity contribution is 5.78. The first-order valence-electron chi connectivity index (χ1n) is 4.72. The molecule has 0 saturated heterocycles. The lowest BCUT2D eigenvalue weighted by Crippen LogP contribution is -2.35. The summed E-state index contributed by atoms with van der Waals surface area (Å²) in [6.45, 7) is 0.605. The molecule has 0 heterocycles. The summed E-state index contributed by atoms with van der Waals surface area (Å²) in [5, 5.41) is 1.30. The van der Waals surface area contributed by atoms with Gasteiger partial charge < -0.3 is 5.73 Å². The Kier molecular flexibility index (Phi) is 3.69. The Labute approximate surface area is 79.0 Å². The van der Waals surface area contributed by atoms with Gasteiger partial charge in [0.2, 0.25) is 5.91 Å². The highest BCUT2D eigenvalue weighted by atomic mass is 16.7. The van der Waals surface area contributed by atoms with Crippen molar-refractivity contribution < 1.29 is 9.63 Å². The summed E-state index contributed by atoms with van der Waals surface area (Å²) in [6, 6.07) is 0. The SMILES string of the molecule is CON(C)C(=O)C1CCCC1CN. The molecule has 0 aromatic heterocycles. The van der Waals surface area contributed by atoms with E-state index in [1.807, 2.05) is 0 Å². The molecule has 1 amide bonds. The average molecular weight is 186 g/mol. The predicted molar refractivity (Wildman–Crippen MR) is 49.7 cm³/mol. The third kappa shape index (κ3) is 2.19. The van der Waals surface area contributed by atoms with E-state index in [1.165, 1.54) is 12.2 Å². The summed E-state index contributed by atoms with van der Waals surface area (Å²) in [5.74, 6) is 0.496. The molecule has 4 heteroatoms. The zero-order valence-corrected chi connectivity index (χ0v) is 8.32. The number of hydrogen-bond donors (Lipinski definition) is 1. The van der Waals surface area contributed by atoms with E-state index in [1.54, 1.807) is 7.05 Å². The normalized spacial score (nSPS) is 27.6. The van der Waals surface area contributed by atoms with Crippen LogP contribution >= 0.6 is 0 Å².